The number of rotatable bonds is 20. The summed E-state index contributed by atoms with van der Waals surface area (Å²) in [6, 6.07) is 15.5. The first-order chi connectivity index (χ1) is 33.6. The van der Waals surface area contributed by atoms with Gasteiger partial charge in [0.1, 0.15) is 24.2 Å². The Hall–Kier alpha value is -6.86. The molecule has 71 heavy (non-hydrogen) atoms. The van der Waals surface area contributed by atoms with Crippen LogP contribution in [0.3, 0.4) is 0 Å². The molecule has 0 aromatic heterocycles. The lowest BCUT2D eigenvalue weighted by molar-refractivity contribution is -0.142. The number of hydrogen-bond acceptors (Lipinski definition) is 11. The van der Waals surface area contributed by atoms with Gasteiger partial charge >= 0.3 is 0 Å². The zero-order valence-corrected chi connectivity index (χ0v) is 42.5. The predicted molar refractivity (Wildman–Crippen MR) is 270 cm³/mol. The molecule has 0 aliphatic carbocycles. The molecule has 2 saturated heterocycles. The van der Waals surface area contributed by atoms with E-state index in [1.165, 1.54) is 28.0 Å². The van der Waals surface area contributed by atoms with Crippen LogP contribution in [0.5, 0.6) is 0 Å². The van der Waals surface area contributed by atoms with Gasteiger partial charge in [0.2, 0.25) is 35.4 Å². The van der Waals surface area contributed by atoms with E-state index < -0.39 is 95.9 Å². The second kappa shape index (κ2) is 24.8. The maximum absolute atomic E-state index is 14.3. The molecule has 19 nitrogen and oxygen atoms in total. The van der Waals surface area contributed by atoms with Crippen LogP contribution in [0.1, 0.15) is 112 Å². The number of anilines is 1. The zero-order chi connectivity index (χ0) is 52.3. The Balaban J connectivity index is 1.35. The van der Waals surface area contributed by atoms with Crippen LogP contribution < -0.4 is 48.3 Å². The molecule has 0 bridgehead atoms. The molecule has 10 atom stereocenters. The summed E-state index contributed by atoms with van der Waals surface area (Å²) in [5.74, 6) is -4.51. The highest BCUT2D eigenvalue weighted by atomic mass is 16.2. The monoisotopic (exact) mass is 980 g/mol. The van der Waals surface area contributed by atoms with E-state index in [9.17, 15) is 38.4 Å². The number of carbonyl (C=O) groups excluding carboxylic acids is 8. The zero-order valence-electron chi connectivity index (χ0n) is 42.5. The minimum atomic E-state index is -1.00. The highest BCUT2D eigenvalue weighted by molar-refractivity contribution is 6.02. The van der Waals surface area contributed by atoms with Crippen LogP contribution in [0, 0.1) is 11.8 Å². The van der Waals surface area contributed by atoms with Gasteiger partial charge in [-0.3, -0.25) is 38.4 Å². The third-order valence-corrected chi connectivity index (χ3v) is 13.4. The van der Waals surface area contributed by atoms with Crippen LogP contribution in [0.4, 0.5) is 5.69 Å². The summed E-state index contributed by atoms with van der Waals surface area (Å²) in [7, 11) is 3.26. The van der Waals surface area contributed by atoms with Gasteiger partial charge in [-0.25, -0.2) is 0 Å². The van der Waals surface area contributed by atoms with Gasteiger partial charge in [-0.2, -0.15) is 0 Å². The van der Waals surface area contributed by atoms with Crippen molar-refractivity contribution in [3.05, 3.63) is 101 Å². The molecular formula is C52H73N11O8. The molecular weight excluding hydrogens is 907 g/mol. The van der Waals surface area contributed by atoms with E-state index in [1.807, 2.05) is 74.5 Å². The normalized spacial score (nSPS) is 20.2. The molecule has 19 heteroatoms. The molecule has 0 unspecified atom stereocenters. The Bertz CT molecular complexity index is 2220. The first-order valence-electron chi connectivity index (χ1n) is 24.4. The van der Waals surface area contributed by atoms with Gasteiger partial charge in [-0.15, -0.1) is 0 Å². The van der Waals surface area contributed by atoms with Crippen molar-refractivity contribution >= 4 is 52.9 Å². The summed E-state index contributed by atoms with van der Waals surface area (Å²) in [5, 5.41) is 23.3. The number of carbonyl (C=O) groups is 8. The number of amides is 8. The van der Waals surface area contributed by atoms with E-state index in [4.69, 9.17) is 5.73 Å². The molecule has 2 aliphatic rings. The first-order valence-corrected chi connectivity index (χ1v) is 24.4. The van der Waals surface area contributed by atoms with Gasteiger partial charge in [-0.1, -0.05) is 88.4 Å². The van der Waals surface area contributed by atoms with E-state index in [0.717, 1.165) is 11.1 Å². The van der Waals surface area contributed by atoms with Crippen LogP contribution >= 0.6 is 0 Å². The number of nitrogens with two attached hydrogens (primary N) is 1. The van der Waals surface area contributed by atoms with Crippen molar-refractivity contribution in [3.63, 3.8) is 0 Å². The maximum atomic E-state index is 14.3. The third kappa shape index (κ3) is 14.2. The molecule has 2 heterocycles. The second-order valence-electron chi connectivity index (χ2n) is 19.4. The highest BCUT2D eigenvalue weighted by Crippen LogP contribution is 2.26. The molecule has 0 radical (unpaired) electrons. The molecule has 8 amide bonds. The van der Waals surface area contributed by atoms with Crippen LogP contribution in [-0.2, 0) is 28.8 Å². The standard InChI is InChI=1S/C52H73N11O8/c1-28(2)43(60-45(64)32(7)54-9)51(70)62-26-39(24-41(62)49(68)56-30(5)34-17-13-11-14-18-34)58-47(66)36-21-37(23-38(53)22-36)48(67)59-40-25-42(50(69)57-31(6)35-19-15-12-16-20-35)63(27-40)52(71)44(29(3)4)61-46(65)33(8)55-10/h11-23,28-33,39-44,54-55H,24-27,53H2,1-10H3,(H,56,68)(H,57,69)(H,58,66)(H,59,67)(H,60,64)(H,61,65)/t30-,31-,32+,33+,39+,40+,41+,42+,43+,44+/m1/s1. The van der Waals surface area contributed by atoms with Gasteiger partial charge in [0.05, 0.1) is 24.2 Å². The quantitative estimate of drug-likeness (QED) is 0.0739. The fourth-order valence-electron chi connectivity index (χ4n) is 8.79. The molecule has 0 spiro atoms. The number of likely N-dealkylation sites (tertiary alicyclic amines) is 2. The fourth-order valence-corrected chi connectivity index (χ4v) is 8.79. The SMILES string of the molecule is CN[C@@H](C)C(=O)N[C@H](C(=O)N1C[C@@H](NC(=O)c2cc(N)cc(C(=O)N[C@H]3C[C@@H](C(=O)N[C@H](C)c4ccccc4)N(C(=O)[C@@H](NC(=O)[C@H](C)NC)C(C)C)C3)c2)C[C@H]1C(=O)N[C@H](C)c1ccccc1)C(C)C. The average molecular weight is 980 g/mol. The fraction of sp³-hybridized carbons (Fsp3) is 0.500. The third-order valence-electron chi connectivity index (χ3n) is 13.4. The molecule has 5 rings (SSSR count). The Morgan fingerprint density at radius 3 is 1.20 bits per heavy atom. The van der Waals surface area contributed by atoms with E-state index in [-0.39, 0.29) is 66.4 Å². The molecule has 2 aliphatic heterocycles. The maximum Gasteiger partial charge on any atom is 0.251 e. The lowest BCUT2D eigenvalue weighted by Crippen LogP contribution is -2.57. The Labute approximate surface area is 416 Å². The van der Waals surface area contributed by atoms with E-state index in [2.05, 4.69) is 42.5 Å². The molecule has 10 N–H and O–H groups in total. The summed E-state index contributed by atoms with van der Waals surface area (Å²) < 4.78 is 0. The first kappa shape index (κ1) is 55.1. The predicted octanol–water partition coefficient (Wildman–Crippen LogP) is 1.92. The summed E-state index contributed by atoms with van der Waals surface area (Å²) in [4.78, 5) is 114. The van der Waals surface area contributed by atoms with Crippen molar-refractivity contribution in [2.45, 2.75) is 129 Å². The van der Waals surface area contributed by atoms with Gasteiger partial charge < -0.3 is 58.1 Å². The van der Waals surface area contributed by atoms with Crippen molar-refractivity contribution in [2.75, 3.05) is 32.9 Å². The molecule has 0 saturated carbocycles. The number of nitrogens with zero attached hydrogens (tertiary/aromatic N) is 2. The number of likely N-dealkylation sites (N-methyl/N-ethyl adjacent to an activating group) is 2. The van der Waals surface area contributed by atoms with Gasteiger partial charge in [0.15, 0.2) is 0 Å². The van der Waals surface area contributed by atoms with Crippen molar-refractivity contribution < 1.29 is 38.4 Å². The molecule has 3 aromatic carbocycles. The summed E-state index contributed by atoms with van der Waals surface area (Å²) >= 11 is 0. The van der Waals surface area contributed by atoms with E-state index in [1.54, 1.807) is 55.6 Å². The molecule has 3 aromatic rings. The largest absolute Gasteiger partial charge is 0.399 e. The van der Waals surface area contributed by atoms with Gasteiger partial charge in [0, 0.05) is 42.0 Å². The van der Waals surface area contributed by atoms with Crippen LogP contribution in [0.2, 0.25) is 0 Å². The van der Waals surface area contributed by atoms with Crippen molar-refractivity contribution in [3.8, 4) is 0 Å². The van der Waals surface area contributed by atoms with E-state index in [0.29, 0.717) is 0 Å². The summed E-state index contributed by atoms with van der Waals surface area (Å²) in [6.07, 6.45) is 0.107. The lowest BCUT2D eigenvalue weighted by atomic mass is 10.0. The minimum absolute atomic E-state index is 0.0358. The van der Waals surface area contributed by atoms with Crippen LogP contribution in [0.15, 0.2) is 78.9 Å². The van der Waals surface area contributed by atoms with Crippen LogP contribution in [-0.4, -0.2) is 133 Å². The smallest absolute Gasteiger partial charge is 0.251 e. The second-order valence-corrected chi connectivity index (χ2v) is 19.4. The Morgan fingerprint density at radius 2 is 0.873 bits per heavy atom. The number of hydrogen-bond donors (Lipinski definition) is 9. The van der Waals surface area contributed by atoms with E-state index >= 15 is 0 Å². The topological polar surface area (TPSA) is 265 Å². The number of benzene rings is 3. The average Bonchev–Trinajstić information content (AvgIpc) is 3.98. The van der Waals surface area contributed by atoms with Gasteiger partial charge in [-0.05, 0) is 95.8 Å². The number of nitrogen functional groups attached to an aromatic ring is 1. The van der Waals surface area contributed by atoms with Gasteiger partial charge in [0.25, 0.3) is 11.8 Å². The molecule has 2 fully saturated rings. The van der Waals surface area contributed by atoms with Crippen molar-refractivity contribution in [1.82, 2.24) is 52.3 Å². The highest BCUT2D eigenvalue weighted by Gasteiger charge is 2.45. The number of nitrogens with one attached hydrogen (secondary N) is 8. The molecule has 384 valence electrons. The lowest BCUT2D eigenvalue weighted by Gasteiger charge is -2.31. The van der Waals surface area contributed by atoms with Crippen LogP contribution in [0.25, 0.3) is 0 Å². The Morgan fingerprint density at radius 1 is 0.521 bits per heavy atom. The van der Waals surface area contributed by atoms with Crippen molar-refractivity contribution in [2.24, 2.45) is 11.8 Å². The van der Waals surface area contributed by atoms with Crippen molar-refractivity contribution in [1.29, 1.82) is 0 Å². The Kier molecular flexibility index (Phi) is 19.2. The summed E-state index contributed by atoms with van der Waals surface area (Å²) in [5.41, 5.74) is 8.19. The summed E-state index contributed by atoms with van der Waals surface area (Å²) in [6.45, 7) is 14.1. The minimum Gasteiger partial charge on any atom is -0.399 e.